The van der Waals surface area contributed by atoms with Crippen molar-refractivity contribution in [2.75, 3.05) is 19.0 Å². The highest BCUT2D eigenvalue weighted by atomic mass is 19.4. The number of ether oxygens (including phenoxy) is 2. The molecule has 1 atom stereocenters. The van der Waals surface area contributed by atoms with Gasteiger partial charge in [-0.2, -0.15) is 13.2 Å². The van der Waals surface area contributed by atoms with Gasteiger partial charge in [-0.15, -0.1) is 0 Å². The summed E-state index contributed by atoms with van der Waals surface area (Å²) in [5.74, 6) is -0.358. The predicted molar refractivity (Wildman–Crippen MR) is 90.4 cm³/mol. The van der Waals surface area contributed by atoms with Gasteiger partial charge in [-0.05, 0) is 19.1 Å². The Labute approximate surface area is 146 Å². The minimum absolute atomic E-state index is 0.284. The molecule has 138 valence electrons. The van der Waals surface area contributed by atoms with E-state index in [1.807, 2.05) is 24.3 Å². The number of methoxy groups -OCH3 is 1. The summed E-state index contributed by atoms with van der Waals surface area (Å²) in [5, 5.41) is 4.21. The van der Waals surface area contributed by atoms with Crippen LogP contribution in [0, 0.1) is 0 Å². The number of hydrogen-bond acceptors (Lipinski definition) is 4. The van der Waals surface area contributed by atoms with Crippen molar-refractivity contribution in [1.82, 2.24) is 0 Å². The van der Waals surface area contributed by atoms with Gasteiger partial charge in [0.15, 0.2) is 0 Å². The molecule has 0 fully saturated rings. The van der Waals surface area contributed by atoms with Crippen molar-refractivity contribution in [3.05, 3.63) is 36.4 Å². The summed E-state index contributed by atoms with van der Waals surface area (Å²) in [4.78, 5) is 12.1. The molecule has 1 aromatic heterocycles. The lowest BCUT2D eigenvalue weighted by Crippen LogP contribution is -2.31. The van der Waals surface area contributed by atoms with E-state index >= 15 is 0 Å². The number of benzene rings is 2. The fraction of sp³-hybridized carbons (Fsp3) is 0.278. The summed E-state index contributed by atoms with van der Waals surface area (Å²) in [6.07, 6.45) is -5.79. The molecule has 0 radical (unpaired) electrons. The quantitative estimate of drug-likeness (QED) is 0.721. The van der Waals surface area contributed by atoms with Crippen LogP contribution >= 0.6 is 0 Å². The van der Waals surface area contributed by atoms with Crippen LogP contribution in [-0.2, 0) is 9.53 Å². The van der Waals surface area contributed by atoms with E-state index in [1.165, 1.54) is 14.0 Å². The minimum atomic E-state index is -4.50. The van der Waals surface area contributed by atoms with Crippen LogP contribution in [0.4, 0.5) is 18.9 Å². The van der Waals surface area contributed by atoms with Gasteiger partial charge in [0, 0.05) is 16.8 Å². The van der Waals surface area contributed by atoms with Crippen molar-refractivity contribution in [2.45, 2.75) is 19.2 Å². The number of rotatable bonds is 5. The number of amides is 1. The summed E-state index contributed by atoms with van der Waals surface area (Å²) < 4.78 is 52.2. The van der Waals surface area contributed by atoms with Crippen LogP contribution < -0.4 is 10.1 Å². The maximum Gasteiger partial charge on any atom is 0.411 e. The van der Waals surface area contributed by atoms with E-state index in [0.29, 0.717) is 16.9 Å². The molecule has 0 unspecified atom stereocenters. The maximum atomic E-state index is 12.2. The Morgan fingerprint density at radius 3 is 2.62 bits per heavy atom. The molecule has 26 heavy (non-hydrogen) atoms. The molecular formula is C18H16F3NO4. The third kappa shape index (κ3) is 3.75. The number of carbonyl (C=O) groups is 1. The van der Waals surface area contributed by atoms with Gasteiger partial charge in [-0.25, -0.2) is 0 Å². The number of nitrogens with one attached hydrogen (secondary N) is 1. The van der Waals surface area contributed by atoms with Crippen LogP contribution in [0.1, 0.15) is 6.92 Å². The van der Waals surface area contributed by atoms with Crippen molar-refractivity contribution in [3.8, 4) is 5.75 Å². The van der Waals surface area contributed by atoms with E-state index in [2.05, 4.69) is 10.1 Å². The zero-order valence-electron chi connectivity index (χ0n) is 14.0. The van der Waals surface area contributed by atoms with Gasteiger partial charge in [-0.3, -0.25) is 4.79 Å². The first-order chi connectivity index (χ1) is 12.3. The third-order valence-corrected chi connectivity index (χ3v) is 3.82. The minimum Gasteiger partial charge on any atom is -0.495 e. The van der Waals surface area contributed by atoms with Gasteiger partial charge >= 0.3 is 6.18 Å². The second kappa shape index (κ2) is 6.87. The van der Waals surface area contributed by atoms with Crippen molar-refractivity contribution >= 4 is 33.5 Å². The van der Waals surface area contributed by atoms with Crippen LogP contribution in [0.5, 0.6) is 5.75 Å². The van der Waals surface area contributed by atoms with Crippen molar-refractivity contribution in [3.63, 3.8) is 0 Å². The van der Waals surface area contributed by atoms with Gasteiger partial charge in [0.1, 0.15) is 29.6 Å². The summed E-state index contributed by atoms with van der Waals surface area (Å²) >= 11 is 0. The Kier molecular flexibility index (Phi) is 4.78. The van der Waals surface area contributed by atoms with Crippen LogP contribution in [0.3, 0.4) is 0 Å². The van der Waals surface area contributed by atoms with Crippen molar-refractivity contribution in [2.24, 2.45) is 0 Å². The Morgan fingerprint density at radius 2 is 1.92 bits per heavy atom. The molecule has 2 aromatic carbocycles. The van der Waals surface area contributed by atoms with Crippen LogP contribution in [0.2, 0.25) is 0 Å². The lowest BCUT2D eigenvalue weighted by Gasteiger charge is -2.16. The second-order valence-corrected chi connectivity index (χ2v) is 5.70. The smallest absolute Gasteiger partial charge is 0.411 e. The SMILES string of the molecule is COc1cc2c(cc1NC(=O)[C@H](C)OCC(F)(F)F)oc1ccccc12. The molecule has 0 saturated carbocycles. The van der Waals surface area contributed by atoms with Crippen LogP contribution in [0.15, 0.2) is 40.8 Å². The van der Waals surface area contributed by atoms with E-state index in [1.54, 1.807) is 12.1 Å². The first-order valence-electron chi connectivity index (χ1n) is 7.77. The van der Waals surface area contributed by atoms with Gasteiger partial charge < -0.3 is 19.2 Å². The third-order valence-electron chi connectivity index (χ3n) is 3.82. The molecule has 0 aliphatic rings. The lowest BCUT2D eigenvalue weighted by molar-refractivity contribution is -0.184. The van der Waals surface area contributed by atoms with Gasteiger partial charge in [0.05, 0.1) is 12.8 Å². The molecule has 1 N–H and O–H groups in total. The normalized spacial score (nSPS) is 13.1. The number of para-hydroxylation sites is 1. The van der Waals surface area contributed by atoms with E-state index in [4.69, 9.17) is 9.15 Å². The molecule has 0 spiro atoms. The molecule has 0 aliphatic heterocycles. The Balaban J connectivity index is 1.87. The number of furan rings is 1. The largest absolute Gasteiger partial charge is 0.495 e. The molecule has 5 nitrogen and oxygen atoms in total. The van der Waals surface area contributed by atoms with E-state index in [-0.39, 0.29) is 5.69 Å². The highest BCUT2D eigenvalue weighted by Gasteiger charge is 2.30. The first kappa shape index (κ1) is 18.1. The van der Waals surface area contributed by atoms with E-state index in [9.17, 15) is 18.0 Å². The van der Waals surface area contributed by atoms with Gasteiger partial charge in [0.25, 0.3) is 5.91 Å². The zero-order valence-corrected chi connectivity index (χ0v) is 14.0. The number of alkyl halides is 3. The fourth-order valence-electron chi connectivity index (χ4n) is 2.55. The van der Waals surface area contributed by atoms with Crippen molar-refractivity contribution in [1.29, 1.82) is 0 Å². The lowest BCUT2D eigenvalue weighted by atomic mass is 10.1. The maximum absolute atomic E-state index is 12.2. The Hall–Kier alpha value is -2.74. The van der Waals surface area contributed by atoms with Crippen LogP contribution in [-0.4, -0.2) is 31.9 Å². The number of carbonyl (C=O) groups excluding carboxylic acids is 1. The average Bonchev–Trinajstić information content (AvgIpc) is 2.95. The molecule has 3 aromatic rings. The van der Waals surface area contributed by atoms with Gasteiger partial charge in [0.2, 0.25) is 0 Å². The summed E-state index contributed by atoms with van der Waals surface area (Å²) in [6, 6.07) is 10.7. The number of fused-ring (bicyclic) bond motifs is 3. The standard InChI is InChI=1S/C18H16F3NO4/c1-10(25-9-18(19,20)21)17(23)22-13-8-15-12(7-16(13)24-2)11-5-3-4-6-14(11)26-15/h3-8,10H,9H2,1-2H3,(H,22,23)/t10-/m0/s1. The Morgan fingerprint density at radius 1 is 1.19 bits per heavy atom. The second-order valence-electron chi connectivity index (χ2n) is 5.70. The molecular weight excluding hydrogens is 351 g/mol. The molecule has 3 rings (SSSR count). The number of hydrogen-bond donors (Lipinski definition) is 1. The van der Waals surface area contributed by atoms with Crippen molar-refractivity contribution < 1.29 is 31.9 Å². The monoisotopic (exact) mass is 367 g/mol. The molecule has 8 heteroatoms. The topological polar surface area (TPSA) is 60.7 Å². The summed E-state index contributed by atoms with van der Waals surface area (Å²) in [7, 11) is 1.43. The molecule has 1 heterocycles. The average molecular weight is 367 g/mol. The number of halogens is 3. The summed E-state index contributed by atoms with van der Waals surface area (Å²) in [6.45, 7) is -0.255. The Bertz CT molecular complexity index is 949. The highest BCUT2D eigenvalue weighted by Crippen LogP contribution is 2.36. The molecule has 1 amide bonds. The molecule has 0 saturated heterocycles. The molecule has 0 bridgehead atoms. The highest BCUT2D eigenvalue weighted by molar-refractivity contribution is 6.08. The van der Waals surface area contributed by atoms with E-state index in [0.717, 1.165) is 10.8 Å². The molecule has 0 aliphatic carbocycles. The number of anilines is 1. The summed E-state index contributed by atoms with van der Waals surface area (Å²) in [5.41, 5.74) is 1.48. The van der Waals surface area contributed by atoms with Gasteiger partial charge in [-0.1, -0.05) is 18.2 Å². The van der Waals surface area contributed by atoms with Crippen LogP contribution in [0.25, 0.3) is 21.9 Å². The zero-order chi connectivity index (χ0) is 18.9. The predicted octanol–water partition coefficient (Wildman–Crippen LogP) is 4.50. The van der Waals surface area contributed by atoms with E-state index < -0.39 is 24.8 Å². The fourth-order valence-corrected chi connectivity index (χ4v) is 2.55. The first-order valence-corrected chi connectivity index (χ1v) is 7.77.